The fourth-order valence-electron chi connectivity index (χ4n) is 0.799. The number of carbonyl (C=O) groups is 1. The molecular weight excluding hydrogens is 206 g/mol. The van der Waals surface area contributed by atoms with E-state index < -0.39 is 10.2 Å². The van der Waals surface area contributed by atoms with E-state index in [9.17, 15) is 14.9 Å². The zero-order chi connectivity index (χ0) is 11.1. The molecule has 0 aromatic heterocycles. The number of halogens is 1. The molecule has 76 valence electrons. The van der Waals surface area contributed by atoms with Gasteiger partial charge in [-0.2, -0.15) is 0 Å². The standard InChI is InChI=1S/C7H4ClNO3.C2H6/c8-7(10)5-3-1-2-4-6(5)9(11)12;1-2/h1-4H;1-2H3. The molecule has 0 saturated carbocycles. The van der Waals surface area contributed by atoms with Gasteiger partial charge >= 0.3 is 0 Å². The molecule has 0 atom stereocenters. The van der Waals surface area contributed by atoms with E-state index >= 15 is 0 Å². The Bertz CT molecular complexity index is 306. The average molecular weight is 216 g/mol. The largest absolute Gasteiger partial charge is 0.281 e. The highest BCUT2D eigenvalue weighted by Gasteiger charge is 2.16. The Hall–Kier alpha value is -1.42. The van der Waals surface area contributed by atoms with Gasteiger partial charge in [0.1, 0.15) is 5.56 Å². The SMILES string of the molecule is CC.O=C(Cl)c1ccccc1[N+](=O)[O-]. The van der Waals surface area contributed by atoms with E-state index in [1.165, 1.54) is 24.3 Å². The molecule has 0 unspecified atom stereocenters. The number of benzene rings is 1. The molecular formula is C9H10ClNO3. The molecule has 5 heteroatoms. The van der Waals surface area contributed by atoms with Crippen molar-refractivity contribution in [3.63, 3.8) is 0 Å². The first kappa shape index (κ1) is 12.6. The van der Waals surface area contributed by atoms with Crippen LogP contribution >= 0.6 is 11.6 Å². The van der Waals surface area contributed by atoms with Crippen molar-refractivity contribution >= 4 is 22.5 Å². The Balaban J connectivity index is 0.000000791. The van der Waals surface area contributed by atoms with Gasteiger partial charge in [0.2, 0.25) is 0 Å². The highest BCUT2D eigenvalue weighted by atomic mass is 35.5. The first-order valence-corrected chi connectivity index (χ1v) is 4.44. The Morgan fingerprint density at radius 1 is 1.36 bits per heavy atom. The van der Waals surface area contributed by atoms with Gasteiger partial charge in [0.05, 0.1) is 4.92 Å². The quantitative estimate of drug-likeness (QED) is 0.433. The van der Waals surface area contributed by atoms with Crippen LogP contribution in [0.4, 0.5) is 5.69 Å². The lowest BCUT2D eigenvalue weighted by molar-refractivity contribution is -0.385. The average Bonchev–Trinajstić information content (AvgIpc) is 2.20. The van der Waals surface area contributed by atoms with E-state index in [-0.39, 0.29) is 11.3 Å². The van der Waals surface area contributed by atoms with Crippen molar-refractivity contribution in [2.45, 2.75) is 13.8 Å². The van der Waals surface area contributed by atoms with E-state index in [0.717, 1.165) is 0 Å². The third-order valence-electron chi connectivity index (χ3n) is 1.31. The lowest BCUT2D eigenvalue weighted by atomic mass is 10.2. The second kappa shape index (κ2) is 6.10. The minimum absolute atomic E-state index is 0.0795. The van der Waals surface area contributed by atoms with Crippen molar-refractivity contribution in [3.8, 4) is 0 Å². The van der Waals surface area contributed by atoms with Crippen LogP contribution in [0.1, 0.15) is 24.2 Å². The summed E-state index contributed by atoms with van der Waals surface area (Å²) in [6.45, 7) is 4.00. The second-order valence-corrected chi connectivity index (χ2v) is 2.39. The number of carbonyl (C=O) groups excluding carboxylic acids is 1. The minimum atomic E-state index is -0.817. The summed E-state index contributed by atoms with van der Waals surface area (Å²) in [7, 11) is 0. The summed E-state index contributed by atoms with van der Waals surface area (Å²) >= 11 is 5.11. The van der Waals surface area contributed by atoms with Gasteiger partial charge in [-0.1, -0.05) is 26.0 Å². The highest BCUT2D eigenvalue weighted by molar-refractivity contribution is 6.68. The summed E-state index contributed by atoms with van der Waals surface area (Å²) in [5, 5.41) is 9.50. The highest BCUT2D eigenvalue weighted by Crippen LogP contribution is 2.18. The van der Waals surface area contributed by atoms with Crippen LogP contribution in [0.15, 0.2) is 24.3 Å². The van der Waals surface area contributed by atoms with Crippen molar-refractivity contribution < 1.29 is 9.72 Å². The van der Waals surface area contributed by atoms with Crippen LogP contribution in [0.25, 0.3) is 0 Å². The molecule has 1 rings (SSSR count). The van der Waals surface area contributed by atoms with Crippen molar-refractivity contribution in [3.05, 3.63) is 39.9 Å². The van der Waals surface area contributed by atoms with Gasteiger partial charge in [0, 0.05) is 6.07 Å². The number of para-hydroxylation sites is 1. The number of hydrogen-bond donors (Lipinski definition) is 0. The normalized spacial score (nSPS) is 8.50. The molecule has 0 saturated heterocycles. The first-order chi connectivity index (χ1) is 6.63. The fraction of sp³-hybridized carbons (Fsp3) is 0.222. The van der Waals surface area contributed by atoms with Crippen molar-refractivity contribution in [1.29, 1.82) is 0 Å². The van der Waals surface area contributed by atoms with Gasteiger partial charge in [0.25, 0.3) is 10.9 Å². The maximum atomic E-state index is 10.6. The van der Waals surface area contributed by atoms with E-state index in [4.69, 9.17) is 11.6 Å². The number of rotatable bonds is 2. The van der Waals surface area contributed by atoms with Gasteiger partial charge in [-0.3, -0.25) is 14.9 Å². The van der Waals surface area contributed by atoms with Gasteiger partial charge in [0.15, 0.2) is 0 Å². The fourth-order valence-corrected chi connectivity index (χ4v) is 0.959. The summed E-state index contributed by atoms with van der Waals surface area (Å²) in [4.78, 5) is 20.3. The molecule has 0 aliphatic carbocycles. The molecule has 0 N–H and O–H groups in total. The third-order valence-corrected chi connectivity index (χ3v) is 1.52. The summed E-state index contributed by atoms with van der Waals surface area (Å²) < 4.78 is 0. The van der Waals surface area contributed by atoms with Gasteiger partial charge in [-0.25, -0.2) is 0 Å². The van der Waals surface area contributed by atoms with Crippen molar-refractivity contribution in [1.82, 2.24) is 0 Å². The zero-order valence-corrected chi connectivity index (χ0v) is 8.62. The first-order valence-electron chi connectivity index (χ1n) is 4.06. The Labute approximate surface area is 86.6 Å². The lowest BCUT2D eigenvalue weighted by Gasteiger charge is -1.94. The molecule has 0 heterocycles. The Kier molecular flexibility index (Phi) is 5.48. The molecule has 1 aromatic carbocycles. The van der Waals surface area contributed by atoms with Crippen LogP contribution in [0.3, 0.4) is 0 Å². The molecule has 4 nitrogen and oxygen atoms in total. The summed E-state index contributed by atoms with van der Waals surface area (Å²) in [5.74, 6) is 0. The summed E-state index contributed by atoms with van der Waals surface area (Å²) in [6, 6.07) is 5.53. The van der Waals surface area contributed by atoms with Crippen LogP contribution in [-0.2, 0) is 0 Å². The number of hydrogen-bond acceptors (Lipinski definition) is 3. The molecule has 0 aliphatic rings. The van der Waals surface area contributed by atoms with Gasteiger partial charge in [-0.05, 0) is 17.7 Å². The predicted molar refractivity (Wildman–Crippen MR) is 54.6 cm³/mol. The van der Waals surface area contributed by atoms with Crippen LogP contribution in [0.2, 0.25) is 0 Å². The van der Waals surface area contributed by atoms with Crippen LogP contribution in [0.5, 0.6) is 0 Å². The number of nitro groups is 1. The predicted octanol–water partition coefficient (Wildman–Crippen LogP) is 3.00. The molecule has 0 amide bonds. The molecule has 0 fully saturated rings. The van der Waals surface area contributed by atoms with Crippen LogP contribution in [0, 0.1) is 10.1 Å². The van der Waals surface area contributed by atoms with Crippen molar-refractivity contribution in [2.24, 2.45) is 0 Å². The Morgan fingerprint density at radius 3 is 2.21 bits per heavy atom. The number of nitro benzene ring substituents is 1. The maximum absolute atomic E-state index is 10.6. The smallest absolute Gasteiger partial charge is 0.275 e. The second-order valence-electron chi connectivity index (χ2n) is 2.05. The molecule has 14 heavy (non-hydrogen) atoms. The molecule has 0 bridgehead atoms. The third kappa shape index (κ3) is 3.14. The molecule has 0 spiro atoms. The lowest BCUT2D eigenvalue weighted by Crippen LogP contribution is -1.97. The topological polar surface area (TPSA) is 60.2 Å². The summed E-state index contributed by atoms with van der Waals surface area (Å²) in [5.41, 5.74) is -0.346. The van der Waals surface area contributed by atoms with E-state index in [1.54, 1.807) is 0 Å². The number of nitrogens with zero attached hydrogens (tertiary/aromatic N) is 1. The van der Waals surface area contributed by atoms with Gasteiger partial charge < -0.3 is 0 Å². The van der Waals surface area contributed by atoms with Gasteiger partial charge in [-0.15, -0.1) is 0 Å². The monoisotopic (exact) mass is 215 g/mol. The van der Waals surface area contributed by atoms with Crippen molar-refractivity contribution in [2.75, 3.05) is 0 Å². The van der Waals surface area contributed by atoms with E-state index in [2.05, 4.69) is 0 Å². The van der Waals surface area contributed by atoms with E-state index in [0.29, 0.717) is 0 Å². The van der Waals surface area contributed by atoms with Crippen LogP contribution in [-0.4, -0.2) is 10.2 Å². The maximum Gasteiger partial charge on any atom is 0.281 e. The molecule has 1 aromatic rings. The van der Waals surface area contributed by atoms with Crippen LogP contribution < -0.4 is 0 Å². The Morgan fingerprint density at radius 2 is 1.86 bits per heavy atom. The zero-order valence-electron chi connectivity index (χ0n) is 7.86. The molecule has 0 aliphatic heterocycles. The molecule has 0 radical (unpaired) electrons. The van der Waals surface area contributed by atoms with E-state index in [1.807, 2.05) is 13.8 Å². The minimum Gasteiger partial charge on any atom is -0.275 e. The summed E-state index contributed by atoms with van der Waals surface area (Å²) in [6.07, 6.45) is 0.